The minimum atomic E-state index is 1.05. The van der Waals surface area contributed by atoms with Gasteiger partial charge in [0.1, 0.15) is 0 Å². The highest BCUT2D eigenvalue weighted by atomic mass is 15.0. The van der Waals surface area contributed by atoms with E-state index in [1.807, 2.05) is 6.20 Å². The first-order chi connectivity index (χ1) is 25.8. The predicted molar refractivity (Wildman–Crippen MR) is 218 cm³/mol. The molecule has 11 aromatic rings. The number of aromatic nitrogens is 3. The van der Waals surface area contributed by atoms with Crippen LogP contribution in [-0.2, 0) is 0 Å². The average Bonchev–Trinajstić information content (AvgIpc) is 3.84. The Morgan fingerprint density at radius 3 is 1.94 bits per heavy atom. The van der Waals surface area contributed by atoms with Crippen LogP contribution in [0.25, 0.3) is 110 Å². The Morgan fingerprint density at radius 1 is 0.365 bits per heavy atom. The van der Waals surface area contributed by atoms with Gasteiger partial charge in [-0.1, -0.05) is 103 Å². The van der Waals surface area contributed by atoms with Crippen molar-refractivity contribution in [2.75, 3.05) is 0 Å². The van der Waals surface area contributed by atoms with Gasteiger partial charge < -0.3 is 9.13 Å². The molecule has 0 unspecified atom stereocenters. The number of benzene rings is 8. The van der Waals surface area contributed by atoms with Crippen molar-refractivity contribution in [3.63, 3.8) is 0 Å². The van der Waals surface area contributed by atoms with E-state index in [2.05, 4.69) is 184 Å². The van der Waals surface area contributed by atoms with Gasteiger partial charge in [-0.2, -0.15) is 0 Å². The summed E-state index contributed by atoms with van der Waals surface area (Å²) < 4.78 is 4.86. The first-order valence-electron chi connectivity index (χ1n) is 17.9. The smallest absolute Gasteiger partial charge is 0.0714 e. The lowest BCUT2D eigenvalue weighted by Crippen LogP contribution is -1.95. The molecule has 0 saturated heterocycles. The van der Waals surface area contributed by atoms with Gasteiger partial charge in [0.25, 0.3) is 0 Å². The normalized spacial score (nSPS) is 12.2. The van der Waals surface area contributed by atoms with Crippen molar-refractivity contribution in [1.29, 1.82) is 0 Å². The van der Waals surface area contributed by atoms with Crippen LogP contribution in [0.3, 0.4) is 0 Å². The zero-order valence-electron chi connectivity index (χ0n) is 28.1. The monoisotopic (exact) mass is 659 g/mol. The van der Waals surface area contributed by atoms with Crippen LogP contribution in [0.15, 0.2) is 176 Å². The highest BCUT2D eigenvalue weighted by Gasteiger charge is 2.24. The molecule has 0 radical (unpaired) electrons. The number of para-hydroxylation sites is 2. The van der Waals surface area contributed by atoms with Gasteiger partial charge in [0.15, 0.2) is 0 Å². The van der Waals surface area contributed by atoms with Crippen LogP contribution in [-0.4, -0.2) is 14.1 Å². The third kappa shape index (κ3) is 3.72. The molecular formula is C49H29N3. The van der Waals surface area contributed by atoms with Crippen molar-refractivity contribution in [3.8, 4) is 44.8 Å². The van der Waals surface area contributed by atoms with E-state index in [4.69, 9.17) is 0 Å². The summed E-state index contributed by atoms with van der Waals surface area (Å²) in [6.45, 7) is 0. The SMILES string of the molecule is c1ccc(-n2c3ccccc3c3cc(-c4ccc5c(c4)c4ccc6ccccc6c4n5-c4ccc5c(c4)-c4cccc6nccc-5c46)ccc32)cc1. The number of rotatable bonds is 3. The zero-order valence-corrected chi connectivity index (χ0v) is 28.1. The topological polar surface area (TPSA) is 22.8 Å². The van der Waals surface area contributed by atoms with Gasteiger partial charge in [0, 0.05) is 49.9 Å². The standard InChI is InChI=1S/C49H29N3/c1-2-10-33(11-3-1)51-45-16-7-6-13-37(45)42-27-31(18-23-46(42)51)32-19-24-47-43(28-32)40-21-17-30-9-4-5-12-35(30)49(40)52(47)34-20-22-36-39-25-26-50-44-15-8-14-38(48(39)44)41(36)29-34/h1-29H. The van der Waals surface area contributed by atoms with Crippen molar-refractivity contribution in [2.45, 2.75) is 0 Å². The van der Waals surface area contributed by atoms with Crippen LogP contribution in [0.2, 0.25) is 0 Å². The Hall–Kier alpha value is -6.97. The fourth-order valence-electron chi connectivity index (χ4n) is 9.02. The lowest BCUT2D eigenvalue weighted by atomic mass is 10.00. The van der Waals surface area contributed by atoms with Crippen LogP contribution in [0.4, 0.5) is 0 Å². The quantitative estimate of drug-likeness (QED) is 0.185. The van der Waals surface area contributed by atoms with Gasteiger partial charge in [0.05, 0.1) is 27.6 Å². The highest BCUT2D eigenvalue weighted by Crippen LogP contribution is 2.48. The molecule has 0 spiro atoms. The highest BCUT2D eigenvalue weighted by molar-refractivity contribution is 6.20. The van der Waals surface area contributed by atoms with Crippen LogP contribution in [0.1, 0.15) is 0 Å². The molecule has 1 aliphatic carbocycles. The molecule has 3 aromatic heterocycles. The fraction of sp³-hybridized carbons (Fsp3) is 0. The summed E-state index contributed by atoms with van der Waals surface area (Å²) in [7, 11) is 0. The molecule has 3 heteroatoms. The molecule has 52 heavy (non-hydrogen) atoms. The Kier molecular flexibility index (Phi) is 5.50. The van der Waals surface area contributed by atoms with E-state index in [1.165, 1.54) is 98.8 Å². The van der Waals surface area contributed by atoms with Gasteiger partial charge in [-0.15, -0.1) is 0 Å². The van der Waals surface area contributed by atoms with E-state index in [-0.39, 0.29) is 0 Å². The van der Waals surface area contributed by atoms with Crippen molar-refractivity contribution in [3.05, 3.63) is 176 Å². The molecule has 240 valence electrons. The van der Waals surface area contributed by atoms with E-state index in [0.29, 0.717) is 0 Å². The summed E-state index contributed by atoms with van der Waals surface area (Å²) in [5, 5.41) is 8.77. The molecule has 3 heterocycles. The van der Waals surface area contributed by atoms with Gasteiger partial charge in [-0.05, 0) is 105 Å². The van der Waals surface area contributed by atoms with Gasteiger partial charge >= 0.3 is 0 Å². The molecule has 12 rings (SSSR count). The van der Waals surface area contributed by atoms with Crippen molar-refractivity contribution >= 4 is 65.3 Å². The van der Waals surface area contributed by atoms with Crippen molar-refractivity contribution in [2.24, 2.45) is 0 Å². The maximum Gasteiger partial charge on any atom is 0.0714 e. The largest absolute Gasteiger partial charge is 0.309 e. The molecule has 0 fully saturated rings. The Balaban J connectivity index is 1.09. The number of nitrogens with zero attached hydrogens (tertiary/aromatic N) is 3. The number of hydrogen-bond donors (Lipinski definition) is 0. The third-order valence-corrected chi connectivity index (χ3v) is 11.3. The lowest BCUT2D eigenvalue weighted by Gasteiger charge is -2.12. The molecule has 0 N–H and O–H groups in total. The van der Waals surface area contributed by atoms with Crippen LogP contribution >= 0.6 is 0 Å². The average molecular weight is 660 g/mol. The molecule has 0 atom stereocenters. The Labute approximate surface area is 299 Å². The zero-order chi connectivity index (χ0) is 33.9. The molecule has 3 nitrogen and oxygen atoms in total. The summed E-state index contributed by atoms with van der Waals surface area (Å²) in [6.07, 6.45) is 1.93. The second-order valence-electron chi connectivity index (χ2n) is 14.0. The maximum absolute atomic E-state index is 4.69. The van der Waals surface area contributed by atoms with E-state index >= 15 is 0 Å². The van der Waals surface area contributed by atoms with Crippen molar-refractivity contribution in [1.82, 2.24) is 14.1 Å². The minimum Gasteiger partial charge on any atom is -0.309 e. The maximum atomic E-state index is 4.69. The van der Waals surface area contributed by atoms with E-state index in [0.717, 1.165) is 11.2 Å². The van der Waals surface area contributed by atoms with Crippen molar-refractivity contribution < 1.29 is 0 Å². The van der Waals surface area contributed by atoms with Gasteiger partial charge in [0.2, 0.25) is 0 Å². The summed E-state index contributed by atoms with van der Waals surface area (Å²) in [4.78, 5) is 4.69. The second-order valence-corrected chi connectivity index (χ2v) is 14.0. The molecule has 1 aliphatic rings. The summed E-state index contributed by atoms with van der Waals surface area (Å²) in [6, 6.07) is 62.3. The van der Waals surface area contributed by atoms with E-state index in [1.54, 1.807) is 0 Å². The molecular weight excluding hydrogens is 631 g/mol. The second kappa shape index (κ2) is 10.3. The summed E-state index contributed by atoms with van der Waals surface area (Å²) in [5.74, 6) is 0. The van der Waals surface area contributed by atoms with Crippen LogP contribution < -0.4 is 0 Å². The summed E-state index contributed by atoms with van der Waals surface area (Å²) in [5.41, 5.74) is 15.7. The first kappa shape index (κ1) is 27.8. The van der Waals surface area contributed by atoms with Gasteiger partial charge in [-0.25, -0.2) is 0 Å². The Bertz CT molecular complexity index is 3280. The molecule has 0 aliphatic heterocycles. The molecule has 0 saturated carbocycles. The molecule has 0 amide bonds. The number of fused-ring (bicyclic) bond motifs is 11. The van der Waals surface area contributed by atoms with Crippen LogP contribution in [0, 0.1) is 0 Å². The molecule has 8 aromatic carbocycles. The third-order valence-electron chi connectivity index (χ3n) is 11.3. The van der Waals surface area contributed by atoms with Crippen LogP contribution in [0.5, 0.6) is 0 Å². The first-order valence-corrected chi connectivity index (χ1v) is 17.9. The summed E-state index contributed by atoms with van der Waals surface area (Å²) >= 11 is 0. The van der Waals surface area contributed by atoms with E-state index in [9.17, 15) is 0 Å². The van der Waals surface area contributed by atoms with E-state index < -0.39 is 0 Å². The minimum absolute atomic E-state index is 1.05. The van der Waals surface area contributed by atoms with Gasteiger partial charge in [-0.3, -0.25) is 4.98 Å². The molecule has 0 bridgehead atoms. The Morgan fingerprint density at radius 2 is 1.08 bits per heavy atom. The predicted octanol–water partition coefficient (Wildman–Crippen LogP) is 12.9. The lowest BCUT2D eigenvalue weighted by molar-refractivity contribution is 1.18. The number of pyridine rings is 1. The fourth-order valence-corrected chi connectivity index (χ4v) is 9.02. The number of hydrogen-bond acceptors (Lipinski definition) is 1.